The molecule has 0 saturated carbocycles. The third-order valence-electron chi connectivity index (χ3n) is 4.82. The van der Waals surface area contributed by atoms with E-state index in [2.05, 4.69) is 4.74 Å². The quantitative estimate of drug-likeness (QED) is 0.629. The number of benzene rings is 2. The van der Waals surface area contributed by atoms with E-state index in [1.807, 2.05) is 20.8 Å². The van der Waals surface area contributed by atoms with Crippen LogP contribution in [0, 0.1) is 5.82 Å². The molecule has 0 aromatic heterocycles. The molecule has 1 fully saturated rings. The molecule has 0 aliphatic carbocycles. The van der Waals surface area contributed by atoms with Crippen LogP contribution >= 0.6 is 0 Å². The fraction of sp³-hybridized carbons (Fsp3) is 0.458. The summed E-state index contributed by atoms with van der Waals surface area (Å²) >= 11 is 0. The lowest BCUT2D eigenvalue weighted by Crippen LogP contribution is -2.48. The average molecular weight is 482 g/mol. The normalized spacial score (nSPS) is 19.2. The first-order chi connectivity index (χ1) is 15.3. The minimum atomic E-state index is -3.65. The van der Waals surface area contributed by atoms with Gasteiger partial charge in [0.1, 0.15) is 23.8 Å². The lowest BCUT2D eigenvalue weighted by molar-refractivity contribution is -0.138. The highest BCUT2D eigenvalue weighted by Gasteiger charge is 2.35. The van der Waals surface area contributed by atoms with E-state index in [4.69, 9.17) is 4.74 Å². The van der Waals surface area contributed by atoms with Gasteiger partial charge in [-0.05, 0) is 82.5 Å². The number of hydrogen-bond donors (Lipinski definition) is 1. The Morgan fingerprint density at radius 3 is 2.21 bits per heavy atom. The fourth-order valence-corrected chi connectivity index (χ4v) is 4.72. The number of halogens is 1. The Morgan fingerprint density at radius 1 is 1.12 bits per heavy atom. The molecule has 9 heteroatoms. The van der Waals surface area contributed by atoms with Crippen molar-refractivity contribution < 1.29 is 32.2 Å². The summed E-state index contributed by atoms with van der Waals surface area (Å²) in [7, 11) is -3.65. The van der Waals surface area contributed by atoms with Gasteiger partial charge < -0.3 is 14.6 Å². The third kappa shape index (κ3) is 8.75. The molecule has 0 bridgehead atoms. The zero-order chi connectivity index (χ0) is 24.7. The second-order valence-corrected chi connectivity index (χ2v) is 11.1. The zero-order valence-corrected chi connectivity index (χ0v) is 20.3. The fourth-order valence-electron chi connectivity index (χ4n) is 3.13. The van der Waals surface area contributed by atoms with Gasteiger partial charge in [-0.1, -0.05) is 12.1 Å². The van der Waals surface area contributed by atoms with Crippen molar-refractivity contribution in [2.24, 2.45) is 0 Å². The van der Waals surface area contributed by atoms with E-state index in [-0.39, 0.29) is 29.5 Å². The Kier molecular flexibility index (Phi) is 8.99. The molecule has 2 aromatic carbocycles. The van der Waals surface area contributed by atoms with Gasteiger partial charge in [-0.15, -0.1) is 0 Å². The Hall–Kier alpha value is -2.49. The molecule has 1 heterocycles. The smallest absolute Gasteiger partial charge is 0.293 e. The molecule has 0 spiro atoms. The van der Waals surface area contributed by atoms with Crippen LogP contribution in [0.5, 0.6) is 5.75 Å². The van der Waals surface area contributed by atoms with Crippen molar-refractivity contribution in [3.05, 3.63) is 59.9 Å². The van der Waals surface area contributed by atoms with Gasteiger partial charge in [0.15, 0.2) is 0 Å². The van der Waals surface area contributed by atoms with Crippen LogP contribution in [0.4, 0.5) is 4.39 Å². The molecule has 182 valence electrons. The first-order valence-corrected chi connectivity index (χ1v) is 12.1. The molecule has 3 rings (SSSR count). The summed E-state index contributed by atoms with van der Waals surface area (Å²) in [4.78, 5) is 9.77. The summed E-state index contributed by atoms with van der Waals surface area (Å²) in [6.45, 7) is 8.34. The highest BCUT2D eigenvalue weighted by Crippen LogP contribution is 2.27. The predicted octanol–water partition coefficient (Wildman–Crippen LogP) is 3.90. The van der Waals surface area contributed by atoms with E-state index in [1.54, 1.807) is 31.2 Å². The molecular formula is C24H32FNO6S. The van der Waals surface area contributed by atoms with Gasteiger partial charge in [-0.25, -0.2) is 12.8 Å². The van der Waals surface area contributed by atoms with Crippen LogP contribution in [-0.2, 0) is 26.2 Å². The van der Waals surface area contributed by atoms with E-state index in [9.17, 15) is 22.7 Å². The molecule has 2 aromatic rings. The highest BCUT2D eigenvalue weighted by molar-refractivity contribution is 7.89. The number of ether oxygens (including phenoxy) is 2. The Bertz CT molecular complexity index is 999. The van der Waals surface area contributed by atoms with Crippen LogP contribution in [0.25, 0.3) is 0 Å². The summed E-state index contributed by atoms with van der Waals surface area (Å²) in [5.41, 5.74) is -0.496. The molecule has 1 aliphatic heterocycles. The number of sulfonamides is 1. The van der Waals surface area contributed by atoms with Crippen LogP contribution in [0.2, 0.25) is 0 Å². The van der Waals surface area contributed by atoms with Gasteiger partial charge in [0.2, 0.25) is 10.0 Å². The Labute approximate surface area is 195 Å². The monoisotopic (exact) mass is 481 g/mol. The van der Waals surface area contributed by atoms with Crippen molar-refractivity contribution in [3.63, 3.8) is 0 Å². The minimum absolute atomic E-state index is 0.0954. The van der Waals surface area contributed by atoms with Crippen LogP contribution in [0.1, 0.15) is 46.1 Å². The average Bonchev–Trinajstić information content (AvgIpc) is 2.72. The number of piperidine rings is 1. The molecular weight excluding hydrogens is 449 g/mol. The molecule has 0 radical (unpaired) electrons. The van der Waals surface area contributed by atoms with Crippen LogP contribution < -0.4 is 4.74 Å². The molecule has 1 unspecified atom stereocenters. The minimum Gasteiger partial charge on any atom is -0.489 e. The van der Waals surface area contributed by atoms with Gasteiger partial charge in [0.25, 0.3) is 6.47 Å². The second-order valence-electron chi connectivity index (χ2n) is 9.15. The van der Waals surface area contributed by atoms with Crippen molar-refractivity contribution in [1.82, 2.24) is 4.31 Å². The number of rotatable bonds is 6. The SMILES string of the molecule is CC(C)(C)OC=O.CC1(O)CCCN(S(=O)(=O)c2ccc(OCc3ccc(F)cc3)cc2)C1. The maximum atomic E-state index is 12.9. The number of hydrogen-bond acceptors (Lipinski definition) is 6. The second kappa shape index (κ2) is 11.1. The summed E-state index contributed by atoms with van der Waals surface area (Å²) in [5, 5.41) is 10.1. The lowest BCUT2D eigenvalue weighted by Gasteiger charge is -2.35. The molecule has 1 aliphatic rings. The van der Waals surface area contributed by atoms with E-state index < -0.39 is 15.6 Å². The molecule has 33 heavy (non-hydrogen) atoms. The number of carbonyl (C=O) groups is 1. The Balaban J connectivity index is 0.000000479. The predicted molar refractivity (Wildman–Crippen MR) is 123 cm³/mol. The number of carbonyl (C=O) groups excluding carboxylic acids is 1. The summed E-state index contributed by atoms with van der Waals surface area (Å²) < 4.78 is 49.8. The van der Waals surface area contributed by atoms with Crippen LogP contribution in [0.3, 0.4) is 0 Å². The third-order valence-corrected chi connectivity index (χ3v) is 6.68. The largest absolute Gasteiger partial charge is 0.489 e. The van der Waals surface area contributed by atoms with E-state index in [1.165, 1.54) is 28.6 Å². The van der Waals surface area contributed by atoms with Gasteiger partial charge in [0, 0.05) is 13.1 Å². The number of β-amino-alcohol motifs (C(OH)–C–C–N with tert-alkyl or cyclic N) is 1. The maximum Gasteiger partial charge on any atom is 0.293 e. The van der Waals surface area contributed by atoms with E-state index >= 15 is 0 Å². The van der Waals surface area contributed by atoms with Gasteiger partial charge in [-0.2, -0.15) is 4.31 Å². The first kappa shape index (κ1) is 26.8. The van der Waals surface area contributed by atoms with Crippen molar-refractivity contribution >= 4 is 16.5 Å². The topological polar surface area (TPSA) is 93.1 Å². The summed E-state index contributed by atoms with van der Waals surface area (Å²) in [5.74, 6) is 0.221. The highest BCUT2D eigenvalue weighted by atomic mass is 32.2. The van der Waals surface area contributed by atoms with Gasteiger partial charge in [0.05, 0.1) is 10.5 Å². The summed E-state index contributed by atoms with van der Waals surface area (Å²) in [6, 6.07) is 12.2. The van der Waals surface area contributed by atoms with Gasteiger partial charge in [-0.3, -0.25) is 4.79 Å². The number of aliphatic hydroxyl groups is 1. The van der Waals surface area contributed by atoms with Gasteiger partial charge >= 0.3 is 0 Å². The van der Waals surface area contributed by atoms with Crippen molar-refractivity contribution in [2.75, 3.05) is 13.1 Å². The molecule has 0 amide bonds. The lowest BCUT2D eigenvalue weighted by atomic mass is 9.97. The molecule has 7 nitrogen and oxygen atoms in total. The van der Waals surface area contributed by atoms with Crippen molar-refractivity contribution in [3.8, 4) is 5.75 Å². The van der Waals surface area contributed by atoms with E-state index in [0.717, 1.165) is 5.56 Å². The van der Waals surface area contributed by atoms with Crippen molar-refractivity contribution in [1.29, 1.82) is 0 Å². The standard InChI is InChI=1S/C19H22FNO4S.C5H10O2/c1-19(22)11-2-12-21(14-19)26(23,24)18-9-7-17(8-10-18)25-13-15-3-5-16(20)6-4-15;1-5(2,3)7-4-6/h3-10,22H,2,11-14H2,1H3;4H,1-3H3. The van der Waals surface area contributed by atoms with E-state index in [0.29, 0.717) is 31.6 Å². The van der Waals surface area contributed by atoms with Crippen molar-refractivity contribution in [2.45, 2.75) is 63.2 Å². The molecule has 1 atom stereocenters. The zero-order valence-electron chi connectivity index (χ0n) is 19.5. The maximum absolute atomic E-state index is 12.9. The summed E-state index contributed by atoms with van der Waals surface area (Å²) in [6.07, 6.45) is 1.22. The first-order valence-electron chi connectivity index (χ1n) is 10.6. The Morgan fingerprint density at radius 2 is 1.73 bits per heavy atom. The van der Waals surface area contributed by atoms with Crippen LogP contribution in [-0.4, -0.2) is 48.6 Å². The molecule has 1 N–H and O–H groups in total. The van der Waals surface area contributed by atoms with Crippen LogP contribution in [0.15, 0.2) is 53.4 Å². The number of nitrogens with zero attached hydrogens (tertiary/aromatic N) is 1. The molecule has 1 saturated heterocycles.